The van der Waals surface area contributed by atoms with Crippen LogP contribution in [0.1, 0.15) is 5.56 Å². The van der Waals surface area contributed by atoms with Gasteiger partial charge in [0, 0.05) is 18.7 Å². The molecule has 120 valence electrons. The number of aryl methyl sites for hydroxylation is 1. The summed E-state index contributed by atoms with van der Waals surface area (Å²) >= 11 is 0. The van der Waals surface area contributed by atoms with Gasteiger partial charge < -0.3 is 10.1 Å². The van der Waals surface area contributed by atoms with Crippen molar-refractivity contribution in [1.82, 2.24) is 15.1 Å². The van der Waals surface area contributed by atoms with Gasteiger partial charge in [0.1, 0.15) is 0 Å². The molecule has 1 fully saturated rings. The van der Waals surface area contributed by atoms with Crippen LogP contribution in [0.15, 0.2) is 36.4 Å². The molecule has 0 unspecified atom stereocenters. The fourth-order valence-corrected chi connectivity index (χ4v) is 2.49. The lowest BCUT2D eigenvalue weighted by molar-refractivity contribution is -0.118. The molecule has 0 atom stereocenters. The number of nitrogens with zero attached hydrogens (tertiary/aromatic N) is 3. The van der Waals surface area contributed by atoms with Crippen LogP contribution in [-0.4, -0.2) is 53.9 Å². The van der Waals surface area contributed by atoms with Gasteiger partial charge in [-0.15, -0.1) is 10.2 Å². The molecule has 23 heavy (non-hydrogen) atoms. The zero-order valence-electron chi connectivity index (χ0n) is 13.2. The lowest BCUT2D eigenvalue weighted by atomic mass is 10.1. The Hall–Kier alpha value is -2.31. The third kappa shape index (κ3) is 4.12. The number of nitrogens with one attached hydrogen (secondary N) is 1. The molecular weight excluding hydrogens is 292 g/mol. The van der Waals surface area contributed by atoms with Crippen molar-refractivity contribution >= 4 is 11.7 Å². The van der Waals surface area contributed by atoms with E-state index < -0.39 is 0 Å². The summed E-state index contributed by atoms with van der Waals surface area (Å²) in [7, 11) is 0. The van der Waals surface area contributed by atoms with Crippen LogP contribution in [0.5, 0.6) is 0 Å². The van der Waals surface area contributed by atoms with Gasteiger partial charge in [-0.1, -0.05) is 30.3 Å². The number of carbonyl (C=O) groups is 1. The third-order valence-electron chi connectivity index (χ3n) is 3.78. The van der Waals surface area contributed by atoms with E-state index in [0.29, 0.717) is 25.6 Å². The minimum atomic E-state index is -0.0724. The van der Waals surface area contributed by atoms with Crippen LogP contribution < -0.4 is 5.32 Å². The Labute approximate surface area is 135 Å². The number of ether oxygens (including phenoxy) is 1. The zero-order valence-corrected chi connectivity index (χ0v) is 13.2. The number of rotatable bonds is 4. The molecule has 1 N–H and O–H groups in total. The largest absolute Gasteiger partial charge is 0.379 e. The second-order valence-corrected chi connectivity index (χ2v) is 5.56. The molecule has 0 saturated carbocycles. The Balaban J connectivity index is 1.65. The van der Waals surface area contributed by atoms with Gasteiger partial charge in [0.2, 0.25) is 5.91 Å². The highest BCUT2D eigenvalue weighted by molar-refractivity contribution is 5.92. The van der Waals surface area contributed by atoms with Crippen LogP contribution >= 0.6 is 0 Å². The molecule has 6 heteroatoms. The number of benzene rings is 1. The standard InChI is InChI=1S/C17H20N4O2/c1-13-11-15(14-5-3-2-4-6-14)19-20-17(13)18-16(22)12-21-7-9-23-10-8-21/h2-6,11H,7-10,12H2,1H3,(H,18,20,22). The summed E-state index contributed by atoms with van der Waals surface area (Å²) in [6.45, 7) is 5.20. The molecule has 0 radical (unpaired) electrons. The van der Waals surface area contributed by atoms with Gasteiger partial charge >= 0.3 is 0 Å². The van der Waals surface area contributed by atoms with E-state index in [1.54, 1.807) is 0 Å². The summed E-state index contributed by atoms with van der Waals surface area (Å²) in [5.41, 5.74) is 2.71. The molecule has 1 saturated heterocycles. The molecule has 1 amide bonds. The predicted octanol–water partition coefficient (Wildman–Crippen LogP) is 1.72. The summed E-state index contributed by atoms with van der Waals surface area (Å²) in [5, 5.41) is 11.2. The average molecular weight is 312 g/mol. The number of hydrogen-bond acceptors (Lipinski definition) is 5. The summed E-state index contributed by atoms with van der Waals surface area (Å²) < 4.78 is 5.28. The van der Waals surface area contributed by atoms with E-state index in [-0.39, 0.29) is 5.91 Å². The minimum absolute atomic E-state index is 0.0724. The summed E-state index contributed by atoms with van der Waals surface area (Å²) in [5.74, 6) is 0.444. The molecule has 0 spiro atoms. The number of amides is 1. The normalized spacial score (nSPS) is 15.3. The Morgan fingerprint density at radius 2 is 1.96 bits per heavy atom. The lowest BCUT2D eigenvalue weighted by Gasteiger charge is -2.25. The molecule has 6 nitrogen and oxygen atoms in total. The van der Waals surface area contributed by atoms with E-state index in [4.69, 9.17) is 4.74 Å². The number of carbonyl (C=O) groups excluding carboxylic acids is 1. The highest BCUT2D eigenvalue weighted by Crippen LogP contribution is 2.19. The van der Waals surface area contributed by atoms with Crippen molar-refractivity contribution in [3.63, 3.8) is 0 Å². The number of anilines is 1. The number of morpholine rings is 1. The molecule has 1 aliphatic heterocycles. The van der Waals surface area contributed by atoms with Crippen LogP contribution in [0, 0.1) is 6.92 Å². The molecular formula is C17H20N4O2. The second-order valence-electron chi connectivity index (χ2n) is 5.56. The van der Waals surface area contributed by atoms with E-state index in [1.807, 2.05) is 43.3 Å². The van der Waals surface area contributed by atoms with E-state index in [9.17, 15) is 4.79 Å². The van der Waals surface area contributed by atoms with Gasteiger partial charge in [0.15, 0.2) is 5.82 Å². The summed E-state index contributed by atoms with van der Waals surface area (Å²) in [6.07, 6.45) is 0. The van der Waals surface area contributed by atoms with E-state index in [2.05, 4.69) is 20.4 Å². The fraction of sp³-hybridized carbons (Fsp3) is 0.353. The first kappa shape index (κ1) is 15.6. The van der Waals surface area contributed by atoms with Crippen LogP contribution in [0.2, 0.25) is 0 Å². The maximum absolute atomic E-state index is 12.1. The number of hydrogen-bond donors (Lipinski definition) is 1. The molecule has 0 bridgehead atoms. The van der Waals surface area contributed by atoms with Crippen LogP contribution in [0.25, 0.3) is 11.3 Å². The third-order valence-corrected chi connectivity index (χ3v) is 3.78. The predicted molar refractivity (Wildman–Crippen MR) is 88.1 cm³/mol. The van der Waals surface area contributed by atoms with Gasteiger partial charge in [0.05, 0.1) is 25.5 Å². The van der Waals surface area contributed by atoms with Crippen molar-refractivity contribution < 1.29 is 9.53 Å². The summed E-state index contributed by atoms with van der Waals surface area (Å²) in [6, 6.07) is 11.8. The minimum Gasteiger partial charge on any atom is -0.379 e. The smallest absolute Gasteiger partial charge is 0.239 e. The van der Waals surface area contributed by atoms with Crippen molar-refractivity contribution in [2.45, 2.75) is 6.92 Å². The second kappa shape index (κ2) is 7.30. The quantitative estimate of drug-likeness (QED) is 0.931. The Bertz CT molecular complexity index is 670. The first-order valence-electron chi connectivity index (χ1n) is 7.72. The molecule has 0 aliphatic carbocycles. The van der Waals surface area contributed by atoms with Crippen molar-refractivity contribution in [3.8, 4) is 11.3 Å². The van der Waals surface area contributed by atoms with E-state index in [1.165, 1.54) is 0 Å². The monoisotopic (exact) mass is 312 g/mol. The Morgan fingerprint density at radius 3 is 2.65 bits per heavy atom. The zero-order chi connectivity index (χ0) is 16.1. The molecule has 1 aromatic carbocycles. The number of aromatic nitrogens is 2. The highest BCUT2D eigenvalue weighted by atomic mass is 16.5. The van der Waals surface area contributed by atoms with Crippen LogP contribution in [0.4, 0.5) is 5.82 Å². The highest BCUT2D eigenvalue weighted by Gasteiger charge is 2.15. The van der Waals surface area contributed by atoms with Gasteiger partial charge in [-0.3, -0.25) is 9.69 Å². The van der Waals surface area contributed by atoms with Crippen molar-refractivity contribution in [2.24, 2.45) is 0 Å². The van der Waals surface area contributed by atoms with Crippen molar-refractivity contribution in [2.75, 3.05) is 38.2 Å². The van der Waals surface area contributed by atoms with E-state index >= 15 is 0 Å². The van der Waals surface area contributed by atoms with Crippen molar-refractivity contribution in [1.29, 1.82) is 0 Å². The van der Waals surface area contributed by atoms with Gasteiger partial charge in [0.25, 0.3) is 0 Å². The van der Waals surface area contributed by atoms with Gasteiger partial charge in [-0.2, -0.15) is 0 Å². The molecule has 1 aliphatic rings. The van der Waals surface area contributed by atoms with E-state index in [0.717, 1.165) is 29.9 Å². The Kier molecular flexibility index (Phi) is 4.95. The van der Waals surface area contributed by atoms with Crippen LogP contribution in [-0.2, 0) is 9.53 Å². The molecule has 2 heterocycles. The van der Waals surface area contributed by atoms with Crippen LogP contribution in [0.3, 0.4) is 0 Å². The maximum Gasteiger partial charge on any atom is 0.239 e. The van der Waals surface area contributed by atoms with Gasteiger partial charge in [-0.05, 0) is 18.6 Å². The Morgan fingerprint density at radius 1 is 1.22 bits per heavy atom. The lowest BCUT2D eigenvalue weighted by Crippen LogP contribution is -2.41. The average Bonchev–Trinajstić information content (AvgIpc) is 2.58. The first-order chi connectivity index (χ1) is 11.2. The maximum atomic E-state index is 12.1. The molecule has 2 aromatic rings. The first-order valence-corrected chi connectivity index (χ1v) is 7.72. The molecule has 1 aromatic heterocycles. The fourth-order valence-electron chi connectivity index (χ4n) is 2.49. The summed E-state index contributed by atoms with van der Waals surface area (Å²) in [4.78, 5) is 14.2. The topological polar surface area (TPSA) is 67.4 Å². The van der Waals surface area contributed by atoms with Gasteiger partial charge in [-0.25, -0.2) is 0 Å². The van der Waals surface area contributed by atoms with Crippen molar-refractivity contribution in [3.05, 3.63) is 42.0 Å². The SMILES string of the molecule is Cc1cc(-c2ccccc2)nnc1NC(=O)CN1CCOCC1. The molecule has 3 rings (SSSR count).